The van der Waals surface area contributed by atoms with Gasteiger partial charge < -0.3 is 5.32 Å². The van der Waals surface area contributed by atoms with Crippen molar-refractivity contribution in [2.75, 3.05) is 5.32 Å². The maximum atomic E-state index is 4.66. The molecule has 0 atom stereocenters. The molecule has 2 heterocycles. The van der Waals surface area contributed by atoms with Gasteiger partial charge in [-0.05, 0) is 37.8 Å². The first-order chi connectivity index (χ1) is 8.33. The van der Waals surface area contributed by atoms with E-state index in [1.807, 2.05) is 12.4 Å². The fourth-order valence-corrected chi connectivity index (χ4v) is 2.90. The topological polar surface area (TPSA) is 37.8 Å². The number of hydrogen-bond donors (Lipinski definition) is 1. The van der Waals surface area contributed by atoms with E-state index in [0.29, 0.717) is 0 Å². The molecule has 0 bridgehead atoms. The molecule has 0 radical (unpaired) electrons. The standard InChI is InChI=1S/C13H15N3S/c1-9-12(17-8-15-9)7-14-13-6-5-10-3-2-4-11(10)16-13/h5-6,8H,2-4,7H2,1H3,(H,14,16). The van der Waals surface area contributed by atoms with Crippen molar-refractivity contribution < 1.29 is 0 Å². The first kappa shape index (κ1) is 10.7. The van der Waals surface area contributed by atoms with E-state index < -0.39 is 0 Å². The molecular formula is C13H15N3S. The lowest BCUT2D eigenvalue weighted by atomic mass is 10.2. The highest BCUT2D eigenvalue weighted by atomic mass is 32.1. The highest BCUT2D eigenvalue weighted by molar-refractivity contribution is 7.09. The van der Waals surface area contributed by atoms with Crippen LogP contribution in [-0.4, -0.2) is 9.97 Å². The molecule has 3 rings (SSSR count). The zero-order chi connectivity index (χ0) is 11.7. The van der Waals surface area contributed by atoms with Gasteiger partial charge in [0.05, 0.1) is 17.7 Å². The third-order valence-electron chi connectivity index (χ3n) is 3.20. The maximum absolute atomic E-state index is 4.66. The smallest absolute Gasteiger partial charge is 0.126 e. The van der Waals surface area contributed by atoms with Crippen molar-refractivity contribution in [3.63, 3.8) is 0 Å². The summed E-state index contributed by atoms with van der Waals surface area (Å²) in [6.07, 6.45) is 3.57. The van der Waals surface area contributed by atoms with Crippen LogP contribution in [0.1, 0.15) is 28.2 Å². The van der Waals surface area contributed by atoms with Crippen LogP contribution in [0.5, 0.6) is 0 Å². The number of nitrogens with one attached hydrogen (secondary N) is 1. The van der Waals surface area contributed by atoms with Crippen molar-refractivity contribution >= 4 is 17.2 Å². The molecule has 0 saturated carbocycles. The number of hydrogen-bond acceptors (Lipinski definition) is 4. The van der Waals surface area contributed by atoms with Crippen LogP contribution in [0.25, 0.3) is 0 Å². The predicted molar refractivity (Wildman–Crippen MR) is 70.4 cm³/mol. The lowest BCUT2D eigenvalue weighted by molar-refractivity contribution is 0.899. The number of nitrogens with zero attached hydrogens (tertiary/aromatic N) is 2. The lowest BCUT2D eigenvalue weighted by Crippen LogP contribution is -2.02. The number of rotatable bonds is 3. The van der Waals surface area contributed by atoms with E-state index in [2.05, 4.69) is 27.4 Å². The Hall–Kier alpha value is -1.42. The number of anilines is 1. The maximum Gasteiger partial charge on any atom is 0.126 e. The average Bonchev–Trinajstić information content (AvgIpc) is 2.94. The third kappa shape index (κ3) is 2.17. The Bertz CT molecular complexity index is 533. The van der Waals surface area contributed by atoms with Crippen LogP contribution in [0.4, 0.5) is 5.82 Å². The molecule has 4 heteroatoms. The van der Waals surface area contributed by atoms with Gasteiger partial charge in [0.1, 0.15) is 5.82 Å². The largest absolute Gasteiger partial charge is 0.365 e. The molecule has 0 spiro atoms. The first-order valence-electron chi connectivity index (χ1n) is 5.94. The molecule has 17 heavy (non-hydrogen) atoms. The zero-order valence-electron chi connectivity index (χ0n) is 9.86. The minimum Gasteiger partial charge on any atom is -0.365 e. The van der Waals surface area contributed by atoms with Crippen molar-refractivity contribution in [3.05, 3.63) is 39.5 Å². The van der Waals surface area contributed by atoms with Gasteiger partial charge in [-0.2, -0.15) is 0 Å². The van der Waals surface area contributed by atoms with Crippen LogP contribution in [0.3, 0.4) is 0 Å². The summed E-state index contributed by atoms with van der Waals surface area (Å²) in [6.45, 7) is 2.87. The Labute approximate surface area is 105 Å². The van der Waals surface area contributed by atoms with Crippen LogP contribution in [-0.2, 0) is 19.4 Å². The molecule has 0 amide bonds. The van der Waals surface area contributed by atoms with E-state index in [1.54, 1.807) is 11.3 Å². The minimum absolute atomic E-state index is 0.822. The van der Waals surface area contributed by atoms with Gasteiger partial charge in [-0.1, -0.05) is 6.07 Å². The van der Waals surface area contributed by atoms with Gasteiger partial charge in [0.2, 0.25) is 0 Å². The van der Waals surface area contributed by atoms with Crippen molar-refractivity contribution in [1.82, 2.24) is 9.97 Å². The quantitative estimate of drug-likeness (QED) is 0.903. The van der Waals surface area contributed by atoms with Crippen LogP contribution >= 0.6 is 11.3 Å². The average molecular weight is 245 g/mol. The van der Waals surface area contributed by atoms with E-state index in [4.69, 9.17) is 0 Å². The summed E-state index contributed by atoms with van der Waals surface area (Å²) in [5.41, 5.74) is 5.70. The number of aromatic nitrogens is 2. The SMILES string of the molecule is Cc1ncsc1CNc1ccc2c(n1)CCC2. The molecule has 0 saturated heterocycles. The fourth-order valence-electron chi connectivity index (χ4n) is 2.19. The van der Waals surface area contributed by atoms with Gasteiger partial charge >= 0.3 is 0 Å². The normalized spacial score (nSPS) is 13.7. The van der Waals surface area contributed by atoms with Crippen LogP contribution in [0.2, 0.25) is 0 Å². The van der Waals surface area contributed by atoms with E-state index in [-0.39, 0.29) is 0 Å². The van der Waals surface area contributed by atoms with Crippen molar-refractivity contribution in [2.45, 2.75) is 32.7 Å². The molecule has 0 aliphatic heterocycles. The number of thiazole rings is 1. The fraction of sp³-hybridized carbons (Fsp3) is 0.385. The molecule has 2 aromatic rings. The summed E-state index contributed by atoms with van der Waals surface area (Å²) < 4.78 is 0. The van der Waals surface area contributed by atoms with Gasteiger partial charge in [-0.25, -0.2) is 9.97 Å². The summed E-state index contributed by atoms with van der Waals surface area (Å²) in [4.78, 5) is 10.2. The molecular weight excluding hydrogens is 230 g/mol. The molecule has 0 fully saturated rings. The van der Waals surface area contributed by atoms with Crippen molar-refractivity contribution in [2.24, 2.45) is 0 Å². The summed E-state index contributed by atoms with van der Waals surface area (Å²) >= 11 is 1.69. The van der Waals surface area contributed by atoms with Crippen LogP contribution < -0.4 is 5.32 Å². The highest BCUT2D eigenvalue weighted by Crippen LogP contribution is 2.22. The van der Waals surface area contributed by atoms with Gasteiger partial charge in [0.15, 0.2) is 0 Å². The Morgan fingerprint density at radius 2 is 2.29 bits per heavy atom. The van der Waals surface area contributed by atoms with Crippen molar-refractivity contribution in [3.8, 4) is 0 Å². The molecule has 2 aromatic heterocycles. The van der Waals surface area contributed by atoms with Gasteiger partial charge in [0.25, 0.3) is 0 Å². The van der Waals surface area contributed by atoms with Crippen LogP contribution in [0, 0.1) is 6.92 Å². The van der Waals surface area contributed by atoms with E-state index in [9.17, 15) is 0 Å². The number of aryl methyl sites for hydroxylation is 3. The number of fused-ring (bicyclic) bond motifs is 1. The van der Waals surface area contributed by atoms with E-state index in [1.165, 1.54) is 29.0 Å². The van der Waals surface area contributed by atoms with Gasteiger partial charge in [-0.3, -0.25) is 0 Å². The molecule has 1 aliphatic carbocycles. The lowest BCUT2D eigenvalue weighted by Gasteiger charge is -2.06. The Kier molecular flexibility index (Phi) is 2.81. The Balaban J connectivity index is 1.72. The summed E-state index contributed by atoms with van der Waals surface area (Å²) in [7, 11) is 0. The Morgan fingerprint density at radius 1 is 1.35 bits per heavy atom. The molecule has 3 nitrogen and oxygen atoms in total. The van der Waals surface area contributed by atoms with E-state index >= 15 is 0 Å². The molecule has 0 aromatic carbocycles. The number of pyridine rings is 1. The second kappa shape index (κ2) is 4.45. The molecule has 1 aliphatic rings. The predicted octanol–water partition coefficient (Wildman–Crippen LogP) is 2.95. The molecule has 0 unspecified atom stereocenters. The monoisotopic (exact) mass is 245 g/mol. The second-order valence-electron chi connectivity index (χ2n) is 4.37. The zero-order valence-corrected chi connectivity index (χ0v) is 10.7. The summed E-state index contributed by atoms with van der Waals surface area (Å²) in [6, 6.07) is 4.29. The van der Waals surface area contributed by atoms with Gasteiger partial charge in [-0.15, -0.1) is 11.3 Å². The van der Waals surface area contributed by atoms with Crippen LogP contribution in [0.15, 0.2) is 17.6 Å². The second-order valence-corrected chi connectivity index (χ2v) is 5.31. The molecule has 1 N–H and O–H groups in total. The minimum atomic E-state index is 0.822. The summed E-state index contributed by atoms with van der Waals surface area (Å²) in [5, 5.41) is 3.38. The third-order valence-corrected chi connectivity index (χ3v) is 4.14. The highest BCUT2D eigenvalue weighted by Gasteiger charge is 2.12. The van der Waals surface area contributed by atoms with Gasteiger partial charge in [0, 0.05) is 10.6 Å². The summed E-state index contributed by atoms with van der Waals surface area (Å²) in [5.74, 6) is 0.985. The first-order valence-corrected chi connectivity index (χ1v) is 6.82. The Morgan fingerprint density at radius 3 is 3.12 bits per heavy atom. The van der Waals surface area contributed by atoms with E-state index in [0.717, 1.165) is 24.5 Å². The van der Waals surface area contributed by atoms with Crippen molar-refractivity contribution in [1.29, 1.82) is 0 Å². The molecule has 88 valence electrons.